The van der Waals surface area contributed by atoms with Crippen LogP contribution in [0.4, 0.5) is 33.6 Å². The van der Waals surface area contributed by atoms with Gasteiger partial charge in [0.25, 0.3) is 0 Å². The van der Waals surface area contributed by atoms with Crippen molar-refractivity contribution in [3.8, 4) is 11.5 Å². The van der Waals surface area contributed by atoms with E-state index in [4.69, 9.17) is 19.4 Å². The monoisotopic (exact) mass is 621 g/mol. The molecule has 1 saturated heterocycles. The molecule has 1 fully saturated rings. The molecule has 0 saturated carbocycles. The van der Waals surface area contributed by atoms with E-state index in [0.717, 1.165) is 67.3 Å². The lowest BCUT2D eigenvalue weighted by atomic mass is 10.1. The van der Waals surface area contributed by atoms with Crippen LogP contribution in [0.25, 0.3) is 0 Å². The molecule has 2 aliphatic heterocycles. The highest BCUT2D eigenvalue weighted by Gasteiger charge is 2.37. The van der Waals surface area contributed by atoms with E-state index in [9.17, 15) is 4.79 Å². The van der Waals surface area contributed by atoms with Gasteiger partial charge >= 0.3 is 6.03 Å². The molecule has 10 nitrogen and oxygen atoms in total. The van der Waals surface area contributed by atoms with E-state index in [1.807, 2.05) is 44.2 Å². The number of carbonyl (C=O) groups excluding carboxylic acids is 1. The molecule has 1 N–H and O–H groups in total. The van der Waals surface area contributed by atoms with Crippen molar-refractivity contribution in [3.63, 3.8) is 0 Å². The summed E-state index contributed by atoms with van der Waals surface area (Å²) in [7, 11) is 3.19. The van der Waals surface area contributed by atoms with Crippen LogP contribution in [-0.4, -0.2) is 72.7 Å². The fraction of sp³-hybridized carbons (Fsp3) is 0.361. The maximum Gasteiger partial charge on any atom is 0.335 e. The second kappa shape index (κ2) is 13.4. The fourth-order valence-electron chi connectivity index (χ4n) is 6.39. The molecule has 240 valence electrons. The molecule has 0 atom stereocenters. The molecule has 46 heavy (non-hydrogen) atoms. The van der Waals surface area contributed by atoms with Gasteiger partial charge in [0.05, 0.1) is 32.1 Å². The molecule has 3 aromatic carbocycles. The van der Waals surface area contributed by atoms with Gasteiger partial charge in [0.1, 0.15) is 11.5 Å². The first-order valence-corrected chi connectivity index (χ1v) is 15.9. The van der Waals surface area contributed by atoms with E-state index >= 15 is 0 Å². The second-order valence-corrected chi connectivity index (χ2v) is 12.0. The van der Waals surface area contributed by atoms with Crippen molar-refractivity contribution in [1.29, 1.82) is 0 Å². The van der Waals surface area contributed by atoms with Crippen LogP contribution >= 0.6 is 0 Å². The van der Waals surface area contributed by atoms with Crippen molar-refractivity contribution >= 4 is 34.9 Å². The van der Waals surface area contributed by atoms with Crippen LogP contribution in [0.1, 0.15) is 34.7 Å². The van der Waals surface area contributed by atoms with Crippen LogP contribution in [0.3, 0.4) is 0 Å². The number of likely N-dealkylation sites (N-methyl/N-ethyl adjacent to an activating group) is 1. The number of rotatable bonds is 9. The van der Waals surface area contributed by atoms with E-state index in [0.29, 0.717) is 35.5 Å². The maximum absolute atomic E-state index is 14.4. The summed E-state index contributed by atoms with van der Waals surface area (Å²) in [6, 6.07) is 17.6. The molecule has 4 aromatic rings. The summed E-state index contributed by atoms with van der Waals surface area (Å²) in [6.45, 7) is 15.2. The Hall–Kier alpha value is -4.67. The number of para-hydroxylation sites is 1. The van der Waals surface area contributed by atoms with Crippen LogP contribution < -0.4 is 24.6 Å². The van der Waals surface area contributed by atoms with Crippen LogP contribution in [0, 0.1) is 20.8 Å². The zero-order valence-electron chi connectivity index (χ0n) is 27.6. The summed E-state index contributed by atoms with van der Waals surface area (Å²) in [6.07, 6.45) is 1.80. The Morgan fingerprint density at radius 2 is 1.61 bits per heavy atom. The Kier molecular flexibility index (Phi) is 9.10. The highest BCUT2D eigenvalue weighted by molar-refractivity contribution is 6.11. The molecule has 3 heterocycles. The summed E-state index contributed by atoms with van der Waals surface area (Å²) in [5, 5.41) is 3.39. The molecule has 0 spiro atoms. The smallest absolute Gasteiger partial charge is 0.335 e. The number of methoxy groups -OCH3 is 2. The maximum atomic E-state index is 14.4. The number of amides is 2. The van der Waals surface area contributed by atoms with Crippen molar-refractivity contribution in [2.75, 3.05) is 62.1 Å². The number of hydrogen-bond donors (Lipinski definition) is 1. The molecular weight excluding hydrogens is 578 g/mol. The molecule has 0 radical (unpaired) electrons. The number of urea groups is 1. The van der Waals surface area contributed by atoms with Gasteiger partial charge in [-0.3, -0.25) is 9.80 Å². The normalized spacial score (nSPS) is 15.6. The Labute approximate surface area is 271 Å². The lowest BCUT2D eigenvalue weighted by molar-refractivity contribution is 0.132. The van der Waals surface area contributed by atoms with Gasteiger partial charge in [-0.15, -0.1) is 0 Å². The Balaban J connectivity index is 1.32. The second-order valence-electron chi connectivity index (χ2n) is 12.0. The molecule has 0 aliphatic carbocycles. The minimum absolute atomic E-state index is 0.224. The van der Waals surface area contributed by atoms with E-state index < -0.39 is 0 Å². The first-order chi connectivity index (χ1) is 22.3. The third-order valence-corrected chi connectivity index (χ3v) is 9.05. The molecule has 6 rings (SSSR count). The summed E-state index contributed by atoms with van der Waals surface area (Å²) >= 11 is 0. The van der Waals surface area contributed by atoms with Crippen LogP contribution in [0.5, 0.6) is 11.5 Å². The van der Waals surface area contributed by atoms with Gasteiger partial charge in [0.2, 0.25) is 5.95 Å². The third kappa shape index (κ3) is 6.23. The highest BCUT2D eigenvalue weighted by Crippen LogP contribution is 2.42. The van der Waals surface area contributed by atoms with Gasteiger partial charge < -0.3 is 19.7 Å². The minimum Gasteiger partial charge on any atom is -0.497 e. The van der Waals surface area contributed by atoms with E-state index in [-0.39, 0.29) is 6.03 Å². The third-order valence-electron chi connectivity index (χ3n) is 9.05. The highest BCUT2D eigenvalue weighted by atomic mass is 16.5. The molecular formula is C36H43N7O3. The van der Waals surface area contributed by atoms with Crippen molar-refractivity contribution < 1.29 is 14.3 Å². The molecule has 2 aliphatic rings. The molecule has 0 bridgehead atoms. The predicted molar refractivity (Wildman–Crippen MR) is 183 cm³/mol. The molecule has 1 aromatic heterocycles. The first-order valence-electron chi connectivity index (χ1n) is 15.9. The number of piperazine rings is 1. The van der Waals surface area contributed by atoms with Crippen molar-refractivity contribution in [2.45, 2.75) is 40.8 Å². The van der Waals surface area contributed by atoms with E-state index in [2.05, 4.69) is 47.2 Å². The molecule has 10 heteroatoms. The molecule has 0 unspecified atom stereocenters. The number of aromatic nitrogens is 2. The Morgan fingerprint density at radius 1 is 0.870 bits per heavy atom. The van der Waals surface area contributed by atoms with E-state index in [1.54, 1.807) is 36.3 Å². The lowest BCUT2D eigenvalue weighted by Crippen LogP contribution is -2.46. The minimum atomic E-state index is -0.224. The van der Waals surface area contributed by atoms with Crippen molar-refractivity contribution in [3.05, 3.63) is 88.6 Å². The van der Waals surface area contributed by atoms with Crippen molar-refractivity contribution in [1.82, 2.24) is 19.8 Å². The number of nitrogens with one attached hydrogen (secondary N) is 1. The summed E-state index contributed by atoms with van der Waals surface area (Å²) in [5.41, 5.74) is 7.71. The van der Waals surface area contributed by atoms with Gasteiger partial charge in [0.15, 0.2) is 5.82 Å². The Morgan fingerprint density at radius 3 is 2.28 bits per heavy atom. The number of anilines is 5. The van der Waals surface area contributed by atoms with Crippen LogP contribution in [0.15, 0.2) is 60.8 Å². The van der Waals surface area contributed by atoms with Gasteiger partial charge in [-0.2, -0.15) is 4.98 Å². The number of benzene rings is 3. The fourth-order valence-corrected chi connectivity index (χ4v) is 6.39. The number of hydrogen-bond acceptors (Lipinski definition) is 8. The Bertz CT molecular complexity index is 1710. The first kappa shape index (κ1) is 31.3. The van der Waals surface area contributed by atoms with Crippen LogP contribution in [0.2, 0.25) is 0 Å². The lowest BCUT2D eigenvalue weighted by Gasteiger charge is -2.37. The SMILES string of the molecule is CCN1CCN(Cc2ccc(Nc3ncc4c(n3)N(c3ccc(OC)cc3OC)C(=O)N(c3c(C)cccc3C)C4)cc2C)CC1. The zero-order chi connectivity index (χ0) is 32.4. The summed E-state index contributed by atoms with van der Waals surface area (Å²) in [4.78, 5) is 32.5. The standard InChI is InChI=1S/C36H43N7O3/c1-7-40-15-17-41(18-16-40)22-27-11-12-29(19-26(27)4)38-35-37-21-28-23-42(33-24(2)9-8-10-25(33)3)36(44)43(34(28)39-35)31-14-13-30(45-5)20-32(31)46-6/h8-14,19-21H,7,15-18,22-23H2,1-6H3,(H,37,38,39). The number of fused-ring (bicyclic) bond motifs is 1. The topological polar surface area (TPSA) is 86.3 Å². The van der Waals surface area contributed by atoms with Gasteiger partial charge in [0, 0.05) is 56.2 Å². The summed E-state index contributed by atoms with van der Waals surface area (Å²) < 4.78 is 11.2. The number of aryl methyl sites for hydroxylation is 3. The number of ether oxygens (including phenoxy) is 2. The van der Waals surface area contributed by atoms with Crippen molar-refractivity contribution in [2.24, 2.45) is 0 Å². The molecule has 2 amide bonds. The predicted octanol–water partition coefficient (Wildman–Crippen LogP) is 6.58. The number of carbonyl (C=O) groups is 1. The average Bonchev–Trinajstić information content (AvgIpc) is 3.06. The van der Waals surface area contributed by atoms with Gasteiger partial charge in [-0.1, -0.05) is 31.2 Å². The largest absolute Gasteiger partial charge is 0.497 e. The van der Waals surface area contributed by atoms with Gasteiger partial charge in [-0.25, -0.2) is 14.7 Å². The number of nitrogens with zero attached hydrogens (tertiary/aromatic N) is 6. The summed E-state index contributed by atoms with van der Waals surface area (Å²) in [5.74, 6) is 2.04. The van der Waals surface area contributed by atoms with E-state index in [1.165, 1.54) is 11.1 Å². The zero-order valence-corrected chi connectivity index (χ0v) is 27.6. The van der Waals surface area contributed by atoms with Crippen LogP contribution in [-0.2, 0) is 13.1 Å². The van der Waals surface area contributed by atoms with Gasteiger partial charge in [-0.05, 0) is 73.8 Å². The average molecular weight is 622 g/mol. The quantitative estimate of drug-likeness (QED) is 0.224.